The quantitative estimate of drug-likeness (QED) is 0.832. The van der Waals surface area contributed by atoms with Crippen LogP contribution >= 0.6 is 0 Å². The van der Waals surface area contributed by atoms with Gasteiger partial charge in [-0.1, -0.05) is 13.0 Å². The minimum Gasteiger partial charge on any atom is -0.363 e. The van der Waals surface area contributed by atoms with Crippen LogP contribution in [0.15, 0.2) is 36.4 Å². The predicted octanol–water partition coefficient (Wildman–Crippen LogP) is 3.68. The molecule has 2 aromatic rings. The highest BCUT2D eigenvalue weighted by atomic mass is 16.2. The van der Waals surface area contributed by atoms with Crippen molar-refractivity contribution >= 4 is 23.3 Å². The van der Waals surface area contributed by atoms with E-state index in [0.29, 0.717) is 11.5 Å². The predicted molar refractivity (Wildman–Crippen MR) is 114 cm³/mol. The Kier molecular flexibility index (Phi) is 5.03. The summed E-state index contributed by atoms with van der Waals surface area (Å²) in [6.07, 6.45) is 2.31. The van der Waals surface area contributed by atoms with E-state index in [4.69, 9.17) is 0 Å². The molecule has 4 rings (SSSR count). The second-order valence-corrected chi connectivity index (χ2v) is 8.22. The maximum Gasteiger partial charge on any atom is 0.251 e. The molecule has 1 fully saturated rings. The zero-order valence-electron chi connectivity index (χ0n) is 17.4. The van der Waals surface area contributed by atoms with E-state index in [1.165, 1.54) is 0 Å². The number of fused-ring (bicyclic) bond motifs is 1. The largest absolute Gasteiger partial charge is 0.363 e. The smallest absolute Gasteiger partial charge is 0.251 e. The molecule has 1 saturated carbocycles. The topological polar surface area (TPSA) is 74.3 Å². The number of carbonyl (C=O) groups is 2. The number of hydrogen-bond donors (Lipinski definition) is 2. The monoisotopic (exact) mass is 392 g/mol. The molecule has 2 amide bonds. The lowest BCUT2D eigenvalue weighted by Gasteiger charge is -2.46. The van der Waals surface area contributed by atoms with E-state index >= 15 is 0 Å². The van der Waals surface area contributed by atoms with E-state index in [1.807, 2.05) is 42.2 Å². The number of rotatable bonds is 4. The van der Waals surface area contributed by atoms with Gasteiger partial charge < -0.3 is 15.5 Å². The van der Waals surface area contributed by atoms with Crippen LogP contribution in [0.4, 0.5) is 11.5 Å². The maximum atomic E-state index is 12.6. The van der Waals surface area contributed by atoms with Crippen molar-refractivity contribution in [3.05, 3.63) is 53.2 Å². The number of aryl methyl sites for hydroxylation is 1. The van der Waals surface area contributed by atoms with Crippen LogP contribution < -0.4 is 15.5 Å². The summed E-state index contributed by atoms with van der Waals surface area (Å²) in [5.41, 5.74) is 3.40. The summed E-state index contributed by atoms with van der Waals surface area (Å²) >= 11 is 0. The average molecular weight is 393 g/mol. The van der Waals surface area contributed by atoms with Gasteiger partial charge in [-0.3, -0.25) is 9.59 Å². The third-order valence-electron chi connectivity index (χ3n) is 6.11. The van der Waals surface area contributed by atoms with Gasteiger partial charge in [-0.2, -0.15) is 0 Å². The summed E-state index contributed by atoms with van der Waals surface area (Å²) < 4.78 is 0. The van der Waals surface area contributed by atoms with Crippen molar-refractivity contribution < 1.29 is 9.59 Å². The van der Waals surface area contributed by atoms with Crippen LogP contribution in [0.25, 0.3) is 0 Å². The number of aromatic nitrogens is 1. The van der Waals surface area contributed by atoms with Crippen LogP contribution in [0.2, 0.25) is 0 Å². The van der Waals surface area contributed by atoms with Crippen LogP contribution in [0.5, 0.6) is 0 Å². The molecule has 6 nitrogen and oxygen atoms in total. The van der Waals surface area contributed by atoms with Gasteiger partial charge >= 0.3 is 0 Å². The Morgan fingerprint density at radius 3 is 2.55 bits per heavy atom. The molecule has 1 aromatic heterocycles. The van der Waals surface area contributed by atoms with Crippen molar-refractivity contribution in [3.63, 3.8) is 0 Å². The third kappa shape index (κ3) is 3.59. The number of anilines is 2. The zero-order chi connectivity index (χ0) is 20.7. The van der Waals surface area contributed by atoms with E-state index < -0.39 is 0 Å². The fourth-order valence-electron chi connectivity index (χ4n) is 4.63. The van der Waals surface area contributed by atoms with E-state index in [2.05, 4.69) is 22.5 Å². The highest BCUT2D eigenvalue weighted by Crippen LogP contribution is 2.50. The summed E-state index contributed by atoms with van der Waals surface area (Å²) in [6, 6.07) is 11.7. The Bertz CT molecular complexity index is 954. The molecule has 1 aromatic carbocycles. The lowest BCUT2D eigenvalue weighted by Crippen LogP contribution is -2.51. The van der Waals surface area contributed by atoms with Crippen molar-refractivity contribution in [2.75, 3.05) is 17.3 Å². The average Bonchev–Trinajstić information content (AvgIpc) is 3.53. The first-order chi connectivity index (χ1) is 13.9. The van der Waals surface area contributed by atoms with Crippen molar-refractivity contribution in [2.45, 2.75) is 45.7 Å². The minimum absolute atomic E-state index is 0.0369. The highest BCUT2D eigenvalue weighted by molar-refractivity contribution is 5.98. The number of hydrogen-bond acceptors (Lipinski definition) is 4. The molecule has 0 saturated heterocycles. The lowest BCUT2D eigenvalue weighted by atomic mass is 9.79. The Morgan fingerprint density at radius 2 is 1.93 bits per heavy atom. The minimum atomic E-state index is -0.133. The van der Waals surface area contributed by atoms with Gasteiger partial charge in [-0.25, -0.2) is 4.98 Å². The third-order valence-corrected chi connectivity index (χ3v) is 6.11. The SMILES string of the molecule is CNC(=O)c1ccc2c(c1)C(Nc1cccc(C)n1)[C@@H](C)C(C1CC1)N2C(C)=O. The van der Waals surface area contributed by atoms with Gasteiger partial charge in [-0.05, 0) is 61.6 Å². The number of pyridine rings is 1. The van der Waals surface area contributed by atoms with Crippen molar-refractivity contribution in [2.24, 2.45) is 11.8 Å². The van der Waals surface area contributed by atoms with Gasteiger partial charge in [0.2, 0.25) is 5.91 Å². The van der Waals surface area contributed by atoms with E-state index in [1.54, 1.807) is 20.0 Å². The first-order valence-corrected chi connectivity index (χ1v) is 10.3. The summed E-state index contributed by atoms with van der Waals surface area (Å²) in [4.78, 5) is 31.5. The zero-order valence-corrected chi connectivity index (χ0v) is 17.4. The summed E-state index contributed by atoms with van der Waals surface area (Å²) in [5.74, 6) is 1.43. The number of nitrogens with one attached hydrogen (secondary N) is 2. The molecule has 3 atom stereocenters. The molecular formula is C23H28N4O2. The molecule has 0 spiro atoms. The molecule has 2 aliphatic rings. The Morgan fingerprint density at radius 1 is 1.17 bits per heavy atom. The number of amides is 2. The molecule has 2 N–H and O–H groups in total. The molecule has 2 unspecified atom stereocenters. The fourth-order valence-corrected chi connectivity index (χ4v) is 4.63. The molecule has 1 aliphatic carbocycles. The lowest BCUT2D eigenvalue weighted by molar-refractivity contribution is -0.117. The summed E-state index contributed by atoms with van der Waals surface area (Å²) in [5, 5.41) is 6.29. The summed E-state index contributed by atoms with van der Waals surface area (Å²) in [7, 11) is 1.63. The fraction of sp³-hybridized carbons (Fsp3) is 0.435. The maximum absolute atomic E-state index is 12.6. The molecule has 152 valence electrons. The molecule has 6 heteroatoms. The second-order valence-electron chi connectivity index (χ2n) is 8.22. The first-order valence-electron chi connectivity index (χ1n) is 10.3. The van der Waals surface area contributed by atoms with Crippen molar-refractivity contribution in [1.29, 1.82) is 0 Å². The van der Waals surface area contributed by atoms with E-state index in [-0.39, 0.29) is 29.8 Å². The van der Waals surface area contributed by atoms with Crippen molar-refractivity contribution in [1.82, 2.24) is 10.3 Å². The molecule has 29 heavy (non-hydrogen) atoms. The second kappa shape index (κ2) is 7.50. The van der Waals surface area contributed by atoms with Gasteiger partial charge in [0, 0.05) is 42.9 Å². The van der Waals surface area contributed by atoms with Gasteiger partial charge in [0.05, 0.1) is 6.04 Å². The molecular weight excluding hydrogens is 364 g/mol. The van der Waals surface area contributed by atoms with Gasteiger partial charge in [-0.15, -0.1) is 0 Å². The van der Waals surface area contributed by atoms with E-state index in [0.717, 1.165) is 35.6 Å². The molecule has 0 radical (unpaired) electrons. The number of benzene rings is 1. The van der Waals surface area contributed by atoms with Crippen molar-refractivity contribution in [3.8, 4) is 0 Å². The van der Waals surface area contributed by atoms with Crippen LogP contribution in [0.1, 0.15) is 54.3 Å². The molecule has 0 bridgehead atoms. The van der Waals surface area contributed by atoms with Gasteiger partial charge in [0.1, 0.15) is 5.82 Å². The first kappa shape index (κ1) is 19.4. The summed E-state index contributed by atoms with van der Waals surface area (Å²) in [6.45, 7) is 5.80. The molecule has 1 aliphatic heterocycles. The standard InChI is InChI=1S/C23H28N4O2/c1-13-6-5-7-20(25-13)26-21-14(2)22(16-8-9-16)27(15(3)28)19-11-10-17(12-18(19)21)23(29)24-4/h5-7,10-12,14,16,21-22H,8-9H2,1-4H3,(H,24,29)(H,25,26)/t14-,21?,22?/m1/s1. The van der Waals surface area contributed by atoms with Crippen LogP contribution in [0, 0.1) is 18.8 Å². The Hall–Kier alpha value is -2.89. The number of nitrogens with zero attached hydrogens (tertiary/aromatic N) is 2. The van der Waals surface area contributed by atoms with Crippen LogP contribution in [0.3, 0.4) is 0 Å². The normalized spacial score (nSPS) is 23.3. The Balaban J connectivity index is 1.83. The van der Waals surface area contributed by atoms with Gasteiger partial charge in [0.25, 0.3) is 5.91 Å². The van der Waals surface area contributed by atoms with Crippen LogP contribution in [-0.2, 0) is 4.79 Å². The van der Waals surface area contributed by atoms with Gasteiger partial charge in [0.15, 0.2) is 0 Å². The molecule has 2 heterocycles. The number of carbonyl (C=O) groups excluding carboxylic acids is 2. The highest BCUT2D eigenvalue weighted by Gasteiger charge is 2.47. The van der Waals surface area contributed by atoms with E-state index in [9.17, 15) is 9.59 Å². The Labute approximate surface area is 171 Å². The van der Waals surface area contributed by atoms with Crippen LogP contribution in [-0.4, -0.2) is 29.9 Å².